The molecule has 0 amide bonds. The Balaban J connectivity index is 1.47. The van der Waals surface area contributed by atoms with Crippen molar-refractivity contribution in [3.8, 4) is 0 Å². The third-order valence-corrected chi connectivity index (χ3v) is 5.33. The Hall–Kier alpha value is -0.0800. The summed E-state index contributed by atoms with van der Waals surface area (Å²) in [5.74, 6) is 1.81. The first-order valence-corrected chi connectivity index (χ1v) is 8.28. The lowest BCUT2D eigenvalue weighted by Gasteiger charge is -2.38. The van der Waals surface area contributed by atoms with Gasteiger partial charge in [0.2, 0.25) is 0 Å². The fraction of sp³-hybridized carbons (Fsp3) is 1.00. The molecule has 0 bridgehead atoms. The summed E-state index contributed by atoms with van der Waals surface area (Å²) in [4.78, 5) is 0. The van der Waals surface area contributed by atoms with Gasteiger partial charge < -0.3 is 10.1 Å². The molecule has 18 heavy (non-hydrogen) atoms. The van der Waals surface area contributed by atoms with Gasteiger partial charge in [0.15, 0.2) is 0 Å². The van der Waals surface area contributed by atoms with E-state index in [0.717, 1.165) is 24.9 Å². The van der Waals surface area contributed by atoms with Crippen LogP contribution >= 0.6 is 0 Å². The van der Waals surface area contributed by atoms with Crippen LogP contribution in [0.2, 0.25) is 0 Å². The number of hydrogen-bond donors (Lipinski definition) is 1. The summed E-state index contributed by atoms with van der Waals surface area (Å²) >= 11 is 0. The molecule has 2 nitrogen and oxygen atoms in total. The minimum atomic E-state index is 0.508. The molecular weight excluding hydrogens is 222 g/mol. The molecule has 2 saturated carbocycles. The normalized spacial score (nSPS) is 36.0. The van der Waals surface area contributed by atoms with Gasteiger partial charge in [-0.05, 0) is 31.1 Å². The Kier molecular flexibility index (Phi) is 4.58. The van der Waals surface area contributed by atoms with Gasteiger partial charge in [0.05, 0.1) is 12.2 Å². The van der Waals surface area contributed by atoms with E-state index in [9.17, 15) is 0 Å². The Labute approximate surface area is 112 Å². The second-order valence-corrected chi connectivity index (χ2v) is 6.74. The van der Waals surface area contributed by atoms with E-state index in [0.29, 0.717) is 12.2 Å². The maximum absolute atomic E-state index is 6.43. The molecule has 1 heterocycles. The van der Waals surface area contributed by atoms with Crippen molar-refractivity contribution in [3.05, 3.63) is 0 Å². The van der Waals surface area contributed by atoms with E-state index in [1.54, 1.807) is 0 Å². The lowest BCUT2D eigenvalue weighted by molar-refractivity contribution is -0.0798. The standard InChI is InChI=1S/C16H29NO/c1-2-8-14(9-3-1)16-12-17-11-15(18-16)10-13-6-4-5-7-13/h13-17H,1-12H2. The molecule has 1 N–H and O–H groups in total. The molecule has 0 spiro atoms. The van der Waals surface area contributed by atoms with E-state index < -0.39 is 0 Å². The fourth-order valence-corrected chi connectivity index (χ4v) is 4.27. The van der Waals surface area contributed by atoms with Gasteiger partial charge in [-0.15, -0.1) is 0 Å². The first kappa shape index (κ1) is 12.9. The molecule has 0 aromatic heterocycles. The highest BCUT2D eigenvalue weighted by Crippen LogP contribution is 2.33. The van der Waals surface area contributed by atoms with Gasteiger partial charge in [0, 0.05) is 13.1 Å². The van der Waals surface area contributed by atoms with Crippen molar-refractivity contribution in [2.45, 2.75) is 76.4 Å². The highest BCUT2D eigenvalue weighted by Gasteiger charge is 2.31. The minimum Gasteiger partial charge on any atom is -0.372 e. The van der Waals surface area contributed by atoms with Crippen molar-refractivity contribution in [1.29, 1.82) is 0 Å². The van der Waals surface area contributed by atoms with Gasteiger partial charge in [-0.3, -0.25) is 0 Å². The number of ether oxygens (including phenoxy) is 1. The number of morpholine rings is 1. The summed E-state index contributed by atoms with van der Waals surface area (Å²) in [6.45, 7) is 2.20. The van der Waals surface area contributed by atoms with Gasteiger partial charge in [0.1, 0.15) is 0 Å². The van der Waals surface area contributed by atoms with Crippen molar-refractivity contribution in [2.75, 3.05) is 13.1 Å². The summed E-state index contributed by atoms with van der Waals surface area (Å²) in [5.41, 5.74) is 0. The molecule has 1 saturated heterocycles. The SMILES string of the molecule is C1CCC(C2CNCC(CC3CCCC3)O2)CC1. The van der Waals surface area contributed by atoms with Crippen LogP contribution in [0.1, 0.15) is 64.2 Å². The van der Waals surface area contributed by atoms with Crippen LogP contribution < -0.4 is 5.32 Å². The van der Waals surface area contributed by atoms with E-state index in [1.807, 2.05) is 0 Å². The Morgan fingerprint density at radius 2 is 1.56 bits per heavy atom. The summed E-state index contributed by atoms with van der Waals surface area (Å²) in [6, 6.07) is 0. The molecular formula is C16H29NO. The largest absolute Gasteiger partial charge is 0.372 e. The highest BCUT2D eigenvalue weighted by atomic mass is 16.5. The van der Waals surface area contributed by atoms with Gasteiger partial charge in [-0.25, -0.2) is 0 Å². The number of rotatable bonds is 3. The molecule has 0 radical (unpaired) electrons. The average molecular weight is 251 g/mol. The predicted molar refractivity (Wildman–Crippen MR) is 74.7 cm³/mol. The van der Waals surface area contributed by atoms with Crippen LogP contribution in [0, 0.1) is 11.8 Å². The van der Waals surface area contributed by atoms with Gasteiger partial charge in [-0.1, -0.05) is 44.9 Å². The molecule has 3 fully saturated rings. The number of hydrogen-bond acceptors (Lipinski definition) is 2. The Morgan fingerprint density at radius 3 is 2.33 bits per heavy atom. The Bertz CT molecular complexity index is 243. The molecule has 2 unspecified atom stereocenters. The van der Waals surface area contributed by atoms with Crippen LogP contribution in [0.15, 0.2) is 0 Å². The maximum Gasteiger partial charge on any atom is 0.0731 e. The van der Waals surface area contributed by atoms with Crippen molar-refractivity contribution in [1.82, 2.24) is 5.32 Å². The zero-order valence-corrected chi connectivity index (χ0v) is 11.7. The van der Waals surface area contributed by atoms with Crippen LogP contribution in [0.3, 0.4) is 0 Å². The number of nitrogens with one attached hydrogen (secondary N) is 1. The monoisotopic (exact) mass is 251 g/mol. The van der Waals surface area contributed by atoms with Gasteiger partial charge in [-0.2, -0.15) is 0 Å². The molecule has 1 aliphatic heterocycles. The first-order valence-electron chi connectivity index (χ1n) is 8.28. The zero-order valence-electron chi connectivity index (χ0n) is 11.7. The molecule has 3 aliphatic rings. The van der Waals surface area contributed by atoms with E-state index in [4.69, 9.17) is 4.74 Å². The van der Waals surface area contributed by atoms with Gasteiger partial charge >= 0.3 is 0 Å². The average Bonchev–Trinajstić information content (AvgIpc) is 2.93. The molecule has 0 aromatic carbocycles. The van der Waals surface area contributed by atoms with Crippen molar-refractivity contribution < 1.29 is 4.74 Å². The Morgan fingerprint density at radius 1 is 0.833 bits per heavy atom. The summed E-state index contributed by atoms with van der Waals surface area (Å²) in [6.07, 6.45) is 15.3. The van der Waals surface area contributed by atoms with Crippen LogP contribution in [0.25, 0.3) is 0 Å². The second kappa shape index (κ2) is 6.38. The van der Waals surface area contributed by atoms with E-state index in [-0.39, 0.29) is 0 Å². The third kappa shape index (κ3) is 3.27. The van der Waals surface area contributed by atoms with Crippen LogP contribution in [-0.4, -0.2) is 25.3 Å². The maximum atomic E-state index is 6.43. The lowest BCUT2D eigenvalue weighted by Crippen LogP contribution is -2.48. The summed E-state index contributed by atoms with van der Waals surface area (Å²) in [5, 5.41) is 3.63. The van der Waals surface area contributed by atoms with Crippen LogP contribution in [0.5, 0.6) is 0 Å². The van der Waals surface area contributed by atoms with Crippen LogP contribution in [-0.2, 0) is 4.74 Å². The van der Waals surface area contributed by atoms with Crippen LogP contribution in [0.4, 0.5) is 0 Å². The highest BCUT2D eigenvalue weighted by molar-refractivity contribution is 4.83. The lowest BCUT2D eigenvalue weighted by atomic mass is 9.84. The smallest absolute Gasteiger partial charge is 0.0731 e. The topological polar surface area (TPSA) is 21.3 Å². The molecule has 2 atom stereocenters. The molecule has 2 aliphatic carbocycles. The van der Waals surface area contributed by atoms with Crippen molar-refractivity contribution in [2.24, 2.45) is 11.8 Å². The molecule has 2 heteroatoms. The van der Waals surface area contributed by atoms with E-state index >= 15 is 0 Å². The summed E-state index contributed by atoms with van der Waals surface area (Å²) < 4.78 is 6.43. The van der Waals surface area contributed by atoms with E-state index in [2.05, 4.69) is 5.32 Å². The minimum absolute atomic E-state index is 0.508. The van der Waals surface area contributed by atoms with Crippen molar-refractivity contribution in [3.63, 3.8) is 0 Å². The van der Waals surface area contributed by atoms with Gasteiger partial charge in [0.25, 0.3) is 0 Å². The van der Waals surface area contributed by atoms with E-state index in [1.165, 1.54) is 64.2 Å². The van der Waals surface area contributed by atoms with Crippen molar-refractivity contribution >= 4 is 0 Å². The first-order chi connectivity index (χ1) is 8.92. The fourth-order valence-electron chi connectivity index (χ4n) is 4.27. The zero-order chi connectivity index (χ0) is 12.2. The predicted octanol–water partition coefficient (Wildman–Crippen LogP) is 3.50. The third-order valence-electron chi connectivity index (χ3n) is 5.33. The molecule has 104 valence electrons. The second-order valence-electron chi connectivity index (χ2n) is 6.74. The quantitative estimate of drug-likeness (QED) is 0.829. The summed E-state index contributed by atoms with van der Waals surface area (Å²) in [7, 11) is 0. The molecule has 3 rings (SSSR count). The molecule has 0 aromatic rings.